The maximum atomic E-state index is 11.2. The Kier molecular flexibility index (Phi) is 2.69. The van der Waals surface area contributed by atoms with Crippen molar-refractivity contribution in [2.24, 2.45) is 5.73 Å². The smallest absolute Gasteiger partial charge is 0.325 e. The summed E-state index contributed by atoms with van der Waals surface area (Å²) in [5.41, 5.74) is 5.14. The van der Waals surface area contributed by atoms with Crippen molar-refractivity contribution in [3.63, 3.8) is 0 Å². The minimum atomic E-state index is -0.735. The summed E-state index contributed by atoms with van der Waals surface area (Å²) in [7, 11) is 3.41. The van der Waals surface area contributed by atoms with E-state index in [1.165, 1.54) is 7.11 Å². The van der Waals surface area contributed by atoms with E-state index in [2.05, 4.69) is 9.64 Å². The van der Waals surface area contributed by atoms with Crippen LogP contribution in [0.4, 0.5) is 0 Å². The van der Waals surface area contributed by atoms with Crippen LogP contribution in [0, 0.1) is 0 Å². The number of carbonyl (C=O) groups excluding carboxylic acids is 1. The summed E-state index contributed by atoms with van der Waals surface area (Å²) < 4.78 is 4.65. The summed E-state index contributed by atoms with van der Waals surface area (Å²) in [6.07, 6.45) is 1.38. The number of rotatable bonds is 1. The first kappa shape index (κ1) is 9.48. The van der Waals surface area contributed by atoms with Crippen molar-refractivity contribution in [3.05, 3.63) is 0 Å². The number of piperidine rings is 1. The number of ether oxygens (including phenoxy) is 1. The summed E-state index contributed by atoms with van der Waals surface area (Å²) in [5, 5.41) is 0. The lowest BCUT2D eigenvalue weighted by Gasteiger charge is -2.34. The Hall–Kier alpha value is -0.610. The van der Waals surface area contributed by atoms with Crippen LogP contribution in [0.5, 0.6) is 0 Å². The number of hydrogen-bond donors (Lipinski definition) is 1. The molecule has 0 saturated carbocycles. The van der Waals surface area contributed by atoms with Crippen molar-refractivity contribution in [3.8, 4) is 0 Å². The molecule has 70 valence electrons. The summed E-state index contributed by atoms with van der Waals surface area (Å²) in [6.45, 7) is 1.73. The molecule has 2 N–H and O–H groups in total. The zero-order chi connectivity index (χ0) is 9.19. The van der Waals surface area contributed by atoms with Gasteiger partial charge in [0.05, 0.1) is 7.11 Å². The molecule has 1 saturated heterocycles. The van der Waals surface area contributed by atoms with E-state index in [0.717, 1.165) is 13.1 Å². The van der Waals surface area contributed by atoms with Crippen LogP contribution in [0.3, 0.4) is 0 Å². The van der Waals surface area contributed by atoms with Crippen LogP contribution in [0.15, 0.2) is 0 Å². The number of carbonyl (C=O) groups is 1. The van der Waals surface area contributed by atoms with Crippen LogP contribution in [0.2, 0.25) is 0 Å². The zero-order valence-electron chi connectivity index (χ0n) is 7.67. The van der Waals surface area contributed by atoms with Gasteiger partial charge in [0.2, 0.25) is 0 Å². The van der Waals surface area contributed by atoms with Crippen molar-refractivity contribution in [2.45, 2.75) is 18.4 Å². The van der Waals surface area contributed by atoms with Crippen molar-refractivity contribution in [1.82, 2.24) is 4.90 Å². The van der Waals surface area contributed by atoms with E-state index in [0.29, 0.717) is 12.8 Å². The first-order valence-corrected chi connectivity index (χ1v) is 4.14. The molecule has 4 nitrogen and oxygen atoms in total. The molecular weight excluding hydrogens is 156 g/mol. The summed E-state index contributed by atoms with van der Waals surface area (Å²) in [5.74, 6) is -0.282. The largest absolute Gasteiger partial charge is 0.468 e. The third-order valence-corrected chi connectivity index (χ3v) is 2.47. The number of methoxy groups -OCH3 is 1. The quantitative estimate of drug-likeness (QED) is 0.546. The van der Waals surface area contributed by atoms with Crippen LogP contribution in [0.25, 0.3) is 0 Å². The monoisotopic (exact) mass is 172 g/mol. The number of nitrogens with two attached hydrogens (primary N) is 1. The molecule has 1 aliphatic rings. The van der Waals surface area contributed by atoms with E-state index < -0.39 is 5.54 Å². The lowest BCUT2D eigenvalue weighted by atomic mass is 9.89. The van der Waals surface area contributed by atoms with Gasteiger partial charge in [-0.05, 0) is 19.9 Å². The number of hydrogen-bond acceptors (Lipinski definition) is 4. The fourth-order valence-electron chi connectivity index (χ4n) is 1.42. The van der Waals surface area contributed by atoms with Crippen LogP contribution in [0.1, 0.15) is 12.8 Å². The van der Waals surface area contributed by atoms with Gasteiger partial charge in [0.15, 0.2) is 0 Å². The second kappa shape index (κ2) is 3.41. The summed E-state index contributed by atoms with van der Waals surface area (Å²) in [6, 6.07) is 0. The molecule has 0 aromatic heterocycles. The highest BCUT2D eigenvalue weighted by atomic mass is 16.5. The van der Waals surface area contributed by atoms with Crippen molar-refractivity contribution < 1.29 is 9.53 Å². The first-order valence-electron chi connectivity index (χ1n) is 4.14. The van der Waals surface area contributed by atoms with E-state index in [9.17, 15) is 4.79 Å². The normalized spacial score (nSPS) is 23.6. The minimum absolute atomic E-state index is 0.282. The Bertz CT molecular complexity index is 174. The van der Waals surface area contributed by atoms with Gasteiger partial charge in [0, 0.05) is 13.1 Å². The predicted octanol–water partition coefficient (Wildman–Crippen LogP) is -0.417. The van der Waals surface area contributed by atoms with Crippen molar-refractivity contribution in [1.29, 1.82) is 0 Å². The van der Waals surface area contributed by atoms with Gasteiger partial charge in [-0.25, -0.2) is 0 Å². The number of likely N-dealkylation sites (tertiary alicyclic amines) is 1. The van der Waals surface area contributed by atoms with Gasteiger partial charge >= 0.3 is 5.97 Å². The maximum absolute atomic E-state index is 11.2. The molecule has 1 aliphatic heterocycles. The Balaban J connectivity index is 2.55. The van der Waals surface area contributed by atoms with Crippen molar-refractivity contribution in [2.75, 3.05) is 27.2 Å². The SMILES string of the molecule is COC(=O)C1(N)CCN(C)CC1. The Morgan fingerprint density at radius 1 is 1.50 bits per heavy atom. The number of nitrogens with zero attached hydrogens (tertiary/aromatic N) is 1. The fraction of sp³-hybridized carbons (Fsp3) is 0.875. The average molecular weight is 172 g/mol. The Morgan fingerprint density at radius 3 is 2.42 bits per heavy atom. The van der Waals surface area contributed by atoms with E-state index in [4.69, 9.17) is 5.73 Å². The van der Waals surface area contributed by atoms with Gasteiger partial charge < -0.3 is 15.4 Å². The topological polar surface area (TPSA) is 55.6 Å². The number of esters is 1. The van der Waals surface area contributed by atoms with Gasteiger partial charge in [-0.1, -0.05) is 0 Å². The molecule has 1 rings (SSSR count). The third kappa shape index (κ3) is 1.76. The van der Waals surface area contributed by atoms with Gasteiger partial charge in [0.25, 0.3) is 0 Å². The molecule has 0 aromatic carbocycles. The summed E-state index contributed by atoms with van der Waals surface area (Å²) in [4.78, 5) is 13.4. The van der Waals surface area contributed by atoms with E-state index >= 15 is 0 Å². The third-order valence-electron chi connectivity index (χ3n) is 2.47. The highest BCUT2D eigenvalue weighted by Gasteiger charge is 2.37. The zero-order valence-corrected chi connectivity index (χ0v) is 7.67. The predicted molar refractivity (Wildman–Crippen MR) is 45.7 cm³/mol. The molecule has 1 heterocycles. The lowest BCUT2D eigenvalue weighted by molar-refractivity contribution is -0.148. The van der Waals surface area contributed by atoms with Gasteiger partial charge in [0.1, 0.15) is 5.54 Å². The lowest BCUT2D eigenvalue weighted by Crippen LogP contribution is -2.55. The molecule has 0 atom stereocenters. The molecule has 0 bridgehead atoms. The standard InChI is InChI=1S/C8H16N2O2/c1-10-5-3-8(9,4-6-10)7(11)12-2/h3-6,9H2,1-2H3. The second-order valence-corrected chi connectivity index (χ2v) is 3.45. The summed E-state index contributed by atoms with van der Waals surface area (Å²) >= 11 is 0. The molecule has 0 spiro atoms. The van der Waals surface area contributed by atoms with Crippen LogP contribution in [-0.2, 0) is 9.53 Å². The molecule has 0 unspecified atom stereocenters. The second-order valence-electron chi connectivity index (χ2n) is 3.45. The molecule has 12 heavy (non-hydrogen) atoms. The van der Waals surface area contributed by atoms with E-state index in [1.54, 1.807) is 0 Å². The van der Waals surface area contributed by atoms with Gasteiger partial charge in [-0.3, -0.25) is 4.79 Å². The first-order chi connectivity index (χ1) is 5.58. The molecule has 0 aliphatic carbocycles. The van der Waals surface area contributed by atoms with E-state index in [1.807, 2.05) is 7.05 Å². The van der Waals surface area contributed by atoms with Crippen molar-refractivity contribution >= 4 is 5.97 Å². The highest BCUT2D eigenvalue weighted by molar-refractivity contribution is 5.80. The molecular formula is C8H16N2O2. The molecule has 0 radical (unpaired) electrons. The maximum Gasteiger partial charge on any atom is 0.325 e. The van der Waals surface area contributed by atoms with Crippen LogP contribution < -0.4 is 5.73 Å². The fourth-order valence-corrected chi connectivity index (χ4v) is 1.42. The molecule has 0 aromatic rings. The van der Waals surface area contributed by atoms with Crippen LogP contribution >= 0.6 is 0 Å². The van der Waals surface area contributed by atoms with Crippen LogP contribution in [-0.4, -0.2) is 43.7 Å². The molecule has 4 heteroatoms. The highest BCUT2D eigenvalue weighted by Crippen LogP contribution is 2.19. The average Bonchev–Trinajstić information content (AvgIpc) is 2.09. The van der Waals surface area contributed by atoms with E-state index in [-0.39, 0.29) is 5.97 Å². The molecule has 0 amide bonds. The minimum Gasteiger partial charge on any atom is -0.468 e. The Labute approximate surface area is 72.7 Å². The Morgan fingerprint density at radius 2 is 2.00 bits per heavy atom. The van der Waals surface area contributed by atoms with Gasteiger partial charge in [-0.15, -0.1) is 0 Å². The van der Waals surface area contributed by atoms with Gasteiger partial charge in [-0.2, -0.15) is 0 Å². The molecule has 1 fully saturated rings.